The van der Waals surface area contributed by atoms with Crippen LogP contribution in [0.15, 0.2) is 60.7 Å². The smallest absolute Gasteiger partial charge is 0.429 e. The number of unbranched alkanes of at least 4 members (excludes halogenated alkanes) is 1. The molecule has 4 aromatic carbocycles. The van der Waals surface area contributed by atoms with E-state index in [4.69, 9.17) is 0 Å². The topological polar surface area (TPSA) is 9.23 Å². The maximum Gasteiger partial charge on any atom is 0.432 e. The number of benzene rings is 4. The molecule has 0 bridgehead atoms. The maximum atomic E-state index is 14.8. The molecule has 0 amide bonds. The largest absolute Gasteiger partial charge is 0.432 e. The summed E-state index contributed by atoms with van der Waals surface area (Å²) in [5.41, 5.74) is -3.07. The molecule has 10 heteroatoms. The highest BCUT2D eigenvalue weighted by Crippen LogP contribution is 2.39. The van der Waals surface area contributed by atoms with E-state index in [-0.39, 0.29) is 11.1 Å². The second-order valence-corrected chi connectivity index (χ2v) is 8.74. The summed E-state index contributed by atoms with van der Waals surface area (Å²) in [6, 6.07) is 7.60. The second-order valence-electron chi connectivity index (χ2n) is 8.74. The predicted molar refractivity (Wildman–Crippen MR) is 127 cm³/mol. The third kappa shape index (κ3) is 5.89. The molecule has 0 radical (unpaired) electrons. The van der Waals surface area contributed by atoms with E-state index < -0.39 is 69.3 Å². The van der Waals surface area contributed by atoms with Crippen LogP contribution in [0.5, 0.6) is 5.75 Å². The molecule has 39 heavy (non-hydrogen) atoms. The Hall–Kier alpha value is -3.95. The van der Waals surface area contributed by atoms with Crippen molar-refractivity contribution in [1.82, 2.24) is 0 Å². The SMILES string of the molecule is CCCCc1ccc(-c2cc(F)c(C(F)(F)Oc3cc(F)c(-c4ccc(F)c(F)c4)c(F)c3)c(F)c2)c(F)c1. The van der Waals surface area contributed by atoms with E-state index in [9.17, 15) is 39.5 Å². The van der Waals surface area contributed by atoms with Crippen molar-refractivity contribution < 1.29 is 44.3 Å². The van der Waals surface area contributed by atoms with E-state index in [2.05, 4.69) is 4.74 Å². The van der Waals surface area contributed by atoms with E-state index in [1.165, 1.54) is 12.1 Å². The van der Waals surface area contributed by atoms with Crippen LogP contribution in [0.25, 0.3) is 22.3 Å². The van der Waals surface area contributed by atoms with Crippen LogP contribution in [-0.2, 0) is 12.5 Å². The lowest BCUT2D eigenvalue weighted by atomic mass is 9.99. The van der Waals surface area contributed by atoms with Crippen LogP contribution >= 0.6 is 0 Å². The highest BCUT2D eigenvalue weighted by Gasteiger charge is 2.41. The summed E-state index contributed by atoms with van der Waals surface area (Å²) in [6.45, 7) is 1.95. The molecular weight excluding hydrogens is 535 g/mol. The second kappa shape index (κ2) is 11.0. The summed E-state index contributed by atoms with van der Waals surface area (Å²) >= 11 is 0. The highest BCUT2D eigenvalue weighted by molar-refractivity contribution is 5.67. The lowest BCUT2D eigenvalue weighted by Gasteiger charge is -2.20. The van der Waals surface area contributed by atoms with E-state index >= 15 is 0 Å². The summed E-state index contributed by atoms with van der Waals surface area (Å²) in [7, 11) is 0. The lowest BCUT2D eigenvalue weighted by molar-refractivity contribution is -0.189. The summed E-state index contributed by atoms with van der Waals surface area (Å²) in [5, 5.41) is 0. The van der Waals surface area contributed by atoms with Crippen LogP contribution in [0.4, 0.5) is 39.5 Å². The van der Waals surface area contributed by atoms with Crippen molar-refractivity contribution >= 4 is 0 Å². The molecule has 0 saturated heterocycles. The molecule has 0 fully saturated rings. The molecule has 0 unspecified atom stereocenters. The summed E-state index contributed by atoms with van der Waals surface area (Å²) < 4.78 is 134. The maximum absolute atomic E-state index is 14.8. The van der Waals surface area contributed by atoms with Crippen LogP contribution in [0, 0.1) is 40.7 Å². The van der Waals surface area contributed by atoms with Crippen molar-refractivity contribution in [2.75, 3.05) is 0 Å². The van der Waals surface area contributed by atoms with Crippen LogP contribution in [-0.4, -0.2) is 0 Å². The Labute approximate surface area is 217 Å². The predicted octanol–water partition coefficient (Wildman–Crippen LogP) is 9.47. The van der Waals surface area contributed by atoms with Crippen molar-refractivity contribution in [2.45, 2.75) is 32.3 Å². The first-order valence-corrected chi connectivity index (χ1v) is 11.7. The monoisotopic (exact) mass is 554 g/mol. The first-order valence-electron chi connectivity index (χ1n) is 11.7. The fourth-order valence-electron chi connectivity index (χ4n) is 4.07. The van der Waals surface area contributed by atoms with Gasteiger partial charge >= 0.3 is 6.11 Å². The first-order chi connectivity index (χ1) is 18.4. The van der Waals surface area contributed by atoms with Crippen molar-refractivity contribution in [3.05, 3.63) is 113 Å². The molecule has 0 heterocycles. The average molecular weight is 554 g/mol. The van der Waals surface area contributed by atoms with Gasteiger partial charge in [0.25, 0.3) is 0 Å². The van der Waals surface area contributed by atoms with Gasteiger partial charge in [0, 0.05) is 17.7 Å². The molecule has 4 aromatic rings. The minimum absolute atomic E-state index is 0.221. The Morgan fingerprint density at radius 1 is 0.615 bits per heavy atom. The number of aryl methyl sites for hydroxylation is 1. The van der Waals surface area contributed by atoms with Gasteiger partial charge in [0.1, 0.15) is 40.4 Å². The molecule has 0 atom stereocenters. The van der Waals surface area contributed by atoms with E-state index in [1.54, 1.807) is 6.07 Å². The quantitative estimate of drug-likeness (QED) is 0.197. The fourth-order valence-corrected chi connectivity index (χ4v) is 4.07. The van der Waals surface area contributed by atoms with Crippen molar-refractivity contribution in [2.24, 2.45) is 0 Å². The molecule has 4 rings (SSSR count). The van der Waals surface area contributed by atoms with E-state index in [0.29, 0.717) is 48.4 Å². The van der Waals surface area contributed by atoms with Crippen LogP contribution < -0.4 is 4.74 Å². The van der Waals surface area contributed by atoms with Crippen LogP contribution in [0.2, 0.25) is 0 Å². The number of hydrogen-bond acceptors (Lipinski definition) is 1. The highest BCUT2D eigenvalue weighted by atomic mass is 19.3. The van der Waals surface area contributed by atoms with E-state index in [0.717, 1.165) is 18.9 Å². The van der Waals surface area contributed by atoms with Gasteiger partial charge in [-0.3, -0.25) is 0 Å². The van der Waals surface area contributed by atoms with Gasteiger partial charge in [-0.2, -0.15) is 8.78 Å². The minimum Gasteiger partial charge on any atom is -0.429 e. The van der Waals surface area contributed by atoms with Gasteiger partial charge in [-0.25, -0.2) is 30.7 Å². The van der Waals surface area contributed by atoms with Crippen LogP contribution in [0.3, 0.4) is 0 Å². The Kier molecular flexibility index (Phi) is 7.94. The molecule has 0 N–H and O–H groups in total. The van der Waals surface area contributed by atoms with Gasteiger partial charge in [-0.1, -0.05) is 31.5 Å². The molecule has 0 saturated carbocycles. The van der Waals surface area contributed by atoms with Crippen molar-refractivity contribution in [3.8, 4) is 28.0 Å². The molecule has 0 spiro atoms. The molecule has 0 aliphatic rings. The molecule has 0 aliphatic heterocycles. The lowest BCUT2D eigenvalue weighted by Crippen LogP contribution is -2.25. The van der Waals surface area contributed by atoms with Gasteiger partial charge < -0.3 is 4.74 Å². The zero-order chi connectivity index (χ0) is 28.5. The number of ether oxygens (including phenoxy) is 1. The molecule has 1 nitrogen and oxygen atoms in total. The Bertz CT molecular complexity index is 1490. The normalized spacial score (nSPS) is 11.6. The Balaban J connectivity index is 1.64. The third-order valence-corrected chi connectivity index (χ3v) is 5.97. The molecule has 0 aromatic heterocycles. The molecule has 0 aliphatic carbocycles. The van der Waals surface area contributed by atoms with Gasteiger partial charge in [-0.05, 0) is 59.9 Å². The van der Waals surface area contributed by atoms with Crippen LogP contribution in [0.1, 0.15) is 30.9 Å². The average Bonchev–Trinajstić information content (AvgIpc) is 2.83. The number of hydrogen-bond donors (Lipinski definition) is 0. The van der Waals surface area contributed by atoms with Gasteiger partial charge in [0.05, 0.1) is 5.56 Å². The Morgan fingerprint density at radius 3 is 1.79 bits per heavy atom. The number of alkyl halides is 2. The summed E-state index contributed by atoms with van der Waals surface area (Å²) in [4.78, 5) is 0. The summed E-state index contributed by atoms with van der Waals surface area (Å²) in [5.74, 6) is -11.2. The standard InChI is InChI=1S/C29H19F9O/c1-2-3-4-15-5-7-19(21(31)9-15)17-11-25(35)28(26(36)12-17)29(37,38)39-18-13-23(33)27(24(34)14-18)16-6-8-20(30)22(32)10-16/h5-14H,2-4H2,1H3. The number of rotatable bonds is 8. The fraction of sp³-hybridized carbons (Fsp3) is 0.172. The van der Waals surface area contributed by atoms with Gasteiger partial charge in [0.2, 0.25) is 0 Å². The molecular formula is C29H19F9O. The number of halogens is 9. The molecule has 204 valence electrons. The zero-order valence-corrected chi connectivity index (χ0v) is 20.2. The van der Waals surface area contributed by atoms with E-state index in [1.807, 2.05) is 6.92 Å². The van der Waals surface area contributed by atoms with Gasteiger partial charge in [0.15, 0.2) is 11.6 Å². The Morgan fingerprint density at radius 2 is 1.23 bits per heavy atom. The zero-order valence-electron chi connectivity index (χ0n) is 20.2. The minimum atomic E-state index is -4.75. The van der Waals surface area contributed by atoms with Crippen molar-refractivity contribution in [3.63, 3.8) is 0 Å². The van der Waals surface area contributed by atoms with Gasteiger partial charge in [-0.15, -0.1) is 0 Å². The summed E-state index contributed by atoms with van der Waals surface area (Å²) in [6.07, 6.45) is -2.50. The third-order valence-electron chi connectivity index (χ3n) is 5.97. The van der Waals surface area contributed by atoms with Crippen molar-refractivity contribution in [1.29, 1.82) is 0 Å². The first kappa shape index (κ1) is 28.1.